The molecule has 3 aromatic rings. The van der Waals surface area contributed by atoms with E-state index < -0.39 is 28.8 Å². The zero-order valence-electron chi connectivity index (χ0n) is 24.2. The molecule has 0 radical (unpaired) electrons. The third-order valence-electron chi connectivity index (χ3n) is 9.58. The molecule has 1 N–H and O–H groups in total. The van der Waals surface area contributed by atoms with E-state index in [2.05, 4.69) is 33.2 Å². The van der Waals surface area contributed by atoms with E-state index in [1.165, 1.54) is 24.5 Å². The van der Waals surface area contributed by atoms with Gasteiger partial charge in [-0.15, -0.1) is 0 Å². The van der Waals surface area contributed by atoms with Crippen LogP contribution in [0.1, 0.15) is 87.9 Å². The summed E-state index contributed by atoms with van der Waals surface area (Å²) in [7, 11) is 0. The number of fused-ring (bicyclic) bond motifs is 8. The molecule has 2 atom stereocenters. The molecule has 42 heavy (non-hydrogen) atoms. The summed E-state index contributed by atoms with van der Waals surface area (Å²) >= 11 is 0. The Morgan fingerprint density at radius 3 is 2.57 bits per heavy atom. The number of aryl methyl sites for hydroxylation is 1. The second-order valence-electron chi connectivity index (χ2n) is 12.5. The van der Waals surface area contributed by atoms with Gasteiger partial charge in [0, 0.05) is 43.2 Å². The molecule has 2 fully saturated rings. The molecule has 1 unspecified atom stereocenters. The highest BCUT2D eigenvalue weighted by Gasteiger charge is 2.47. The van der Waals surface area contributed by atoms with Crippen LogP contribution < -0.4 is 10.9 Å². The van der Waals surface area contributed by atoms with Gasteiger partial charge in [0.1, 0.15) is 23.6 Å². The Labute approximate surface area is 243 Å². The van der Waals surface area contributed by atoms with Crippen LogP contribution in [0.15, 0.2) is 35.4 Å². The number of hydrogen-bond donors (Lipinski definition) is 1. The molecular formula is C32H37F3N6O. The average molecular weight is 579 g/mol. The lowest BCUT2D eigenvalue weighted by molar-refractivity contribution is -0.0359. The number of nitriles is 1. The molecule has 8 bridgehead atoms. The van der Waals surface area contributed by atoms with Gasteiger partial charge in [-0.25, -0.2) is 23.1 Å². The summed E-state index contributed by atoms with van der Waals surface area (Å²) in [5.41, 5.74) is -0.646. The molecule has 0 spiro atoms. The first-order valence-corrected chi connectivity index (χ1v) is 15.1. The highest BCUT2D eigenvalue weighted by molar-refractivity contribution is 5.87. The number of benzene rings is 1. The topological polar surface area (TPSA) is 86.8 Å². The summed E-state index contributed by atoms with van der Waals surface area (Å²) in [6.07, 6.45) is 6.22. The zero-order valence-corrected chi connectivity index (χ0v) is 24.2. The van der Waals surface area contributed by atoms with E-state index in [1.54, 1.807) is 17.6 Å². The third kappa shape index (κ3) is 5.17. The molecule has 10 heteroatoms. The molecule has 2 aromatic heterocycles. The van der Waals surface area contributed by atoms with Crippen molar-refractivity contribution in [1.29, 1.82) is 5.26 Å². The summed E-state index contributed by atoms with van der Waals surface area (Å²) in [6.45, 7) is 5.91. The summed E-state index contributed by atoms with van der Waals surface area (Å²) < 4.78 is 48.1. The fourth-order valence-electron chi connectivity index (χ4n) is 6.60. The minimum absolute atomic E-state index is 0.109. The number of rotatable bonds is 1. The number of hydrogen-bond acceptors (Lipinski definition) is 6. The Morgan fingerprint density at radius 1 is 1.05 bits per heavy atom. The number of nitrogens with one attached hydrogen (secondary N) is 1. The van der Waals surface area contributed by atoms with Crippen LogP contribution in [0.2, 0.25) is 0 Å². The Bertz CT molecular complexity index is 1590. The first-order valence-electron chi connectivity index (χ1n) is 15.1. The van der Waals surface area contributed by atoms with Crippen molar-refractivity contribution < 1.29 is 13.2 Å². The highest BCUT2D eigenvalue weighted by atomic mass is 19.3. The van der Waals surface area contributed by atoms with E-state index in [-0.39, 0.29) is 23.5 Å². The average Bonchev–Trinajstić information content (AvgIpc) is 3.73. The highest BCUT2D eigenvalue weighted by Crippen LogP contribution is 2.47. The molecule has 7 rings (SSSR count). The molecule has 1 saturated carbocycles. The molecule has 3 aliphatic heterocycles. The minimum Gasteiger partial charge on any atom is -0.363 e. The number of anilines is 1. The lowest BCUT2D eigenvalue weighted by Crippen LogP contribution is -2.51. The van der Waals surface area contributed by atoms with Gasteiger partial charge in [-0.1, -0.05) is 31.0 Å². The van der Waals surface area contributed by atoms with Crippen molar-refractivity contribution in [3.05, 3.63) is 63.5 Å². The van der Waals surface area contributed by atoms with E-state index in [0.29, 0.717) is 54.3 Å². The summed E-state index contributed by atoms with van der Waals surface area (Å²) in [5, 5.41) is 13.7. The van der Waals surface area contributed by atoms with Gasteiger partial charge in [-0.2, -0.15) is 5.26 Å². The first kappa shape index (κ1) is 28.7. The number of aromatic nitrogens is 3. The predicted octanol–water partition coefficient (Wildman–Crippen LogP) is 6.43. The van der Waals surface area contributed by atoms with Gasteiger partial charge in [-0.3, -0.25) is 9.36 Å². The van der Waals surface area contributed by atoms with Crippen molar-refractivity contribution in [2.45, 2.75) is 95.2 Å². The molecule has 4 aliphatic rings. The van der Waals surface area contributed by atoms with Crippen molar-refractivity contribution in [2.75, 3.05) is 18.4 Å². The lowest BCUT2D eigenvalue weighted by Gasteiger charge is -2.44. The molecule has 1 aliphatic carbocycles. The Hall–Kier alpha value is -3.45. The van der Waals surface area contributed by atoms with Crippen molar-refractivity contribution in [3.8, 4) is 6.07 Å². The fourth-order valence-corrected chi connectivity index (χ4v) is 6.60. The van der Waals surface area contributed by atoms with Gasteiger partial charge < -0.3 is 10.2 Å². The summed E-state index contributed by atoms with van der Waals surface area (Å²) in [4.78, 5) is 24.9. The van der Waals surface area contributed by atoms with Gasteiger partial charge in [0.05, 0.1) is 28.5 Å². The Kier molecular flexibility index (Phi) is 7.50. The van der Waals surface area contributed by atoms with Crippen LogP contribution in [0, 0.1) is 23.1 Å². The number of halogens is 3. The maximum atomic E-state index is 15.7. The minimum atomic E-state index is -3.28. The lowest BCUT2D eigenvalue weighted by atomic mass is 9.88. The maximum absolute atomic E-state index is 15.7. The number of nitrogens with zero attached hydrogens (tertiary/aromatic N) is 5. The van der Waals surface area contributed by atoms with Crippen LogP contribution in [0.3, 0.4) is 0 Å². The van der Waals surface area contributed by atoms with E-state index in [4.69, 9.17) is 0 Å². The molecular weight excluding hydrogens is 541 g/mol. The van der Waals surface area contributed by atoms with Crippen LogP contribution >= 0.6 is 0 Å². The quantitative estimate of drug-likeness (QED) is 0.358. The van der Waals surface area contributed by atoms with Gasteiger partial charge in [0.2, 0.25) is 0 Å². The molecule has 5 heterocycles. The second-order valence-corrected chi connectivity index (χ2v) is 12.5. The fraction of sp³-hybridized carbons (Fsp3) is 0.562. The van der Waals surface area contributed by atoms with Gasteiger partial charge in [0.25, 0.3) is 11.5 Å². The number of pyridine rings is 1. The molecule has 1 aromatic carbocycles. The van der Waals surface area contributed by atoms with Gasteiger partial charge >= 0.3 is 0 Å². The smallest absolute Gasteiger partial charge is 0.276 e. The van der Waals surface area contributed by atoms with Crippen molar-refractivity contribution in [1.82, 2.24) is 19.4 Å². The van der Waals surface area contributed by atoms with Gasteiger partial charge in [0.15, 0.2) is 0 Å². The van der Waals surface area contributed by atoms with Crippen LogP contribution in [0.25, 0.3) is 11.0 Å². The predicted molar refractivity (Wildman–Crippen MR) is 155 cm³/mol. The largest absolute Gasteiger partial charge is 0.363 e. The molecule has 7 nitrogen and oxygen atoms in total. The maximum Gasteiger partial charge on any atom is 0.276 e. The zero-order chi connectivity index (χ0) is 29.6. The Morgan fingerprint density at radius 2 is 1.83 bits per heavy atom. The third-order valence-corrected chi connectivity index (χ3v) is 9.58. The summed E-state index contributed by atoms with van der Waals surface area (Å²) in [6, 6.07) is 7.83. The van der Waals surface area contributed by atoms with Crippen LogP contribution in [-0.4, -0.2) is 38.6 Å². The van der Waals surface area contributed by atoms with Crippen molar-refractivity contribution in [3.63, 3.8) is 0 Å². The second kappa shape index (κ2) is 11.0. The van der Waals surface area contributed by atoms with E-state index in [0.717, 1.165) is 38.8 Å². The summed E-state index contributed by atoms with van der Waals surface area (Å²) in [5.74, 6) is -3.66. The van der Waals surface area contributed by atoms with Crippen LogP contribution in [-0.2, 0) is 17.9 Å². The van der Waals surface area contributed by atoms with Crippen molar-refractivity contribution >= 4 is 16.9 Å². The molecule has 222 valence electrons. The van der Waals surface area contributed by atoms with E-state index >= 15 is 13.2 Å². The first-order chi connectivity index (χ1) is 20.1. The van der Waals surface area contributed by atoms with Crippen LogP contribution in [0.5, 0.6) is 0 Å². The van der Waals surface area contributed by atoms with Crippen LogP contribution in [0.4, 0.5) is 19.0 Å². The van der Waals surface area contributed by atoms with E-state index in [9.17, 15) is 10.1 Å². The normalized spacial score (nSPS) is 27.2. The molecule has 1 saturated heterocycles. The standard InChI is InChI=1S/C32H37F3N6O/c1-20-7-4-3-5-14-41-29-24(15-26(30(41)42)31(18-36)12-13-31)28(37-19-38-29)39-21(2)23-8-6-9-25(27(23)33)32(34,35)11-10-22-16-40(20)17-22/h6,8-9,15,19-22H,3-5,7,10-14,16-17H2,1-2H3,(H,37,38,39)/t20?,21-/m1/s1. The SMILES string of the molecule is CC1CCCCCn2c(=O)c(C3(C#N)CC3)cc3c(ncnc32)N[C@H](C)c2cccc(c2F)C(F)(F)CCC2CN1C2. The van der Waals surface area contributed by atoms with Gasteiger partial charge in [-0.05, 0) is 57.9 Å². The Balaban J connectivity index is 1.42. The molecule has 0 amide bonds. The van der Waals surface area contributed by atoms with E-state index in [1.807, 2.05) is 0 Å². The van der Waals surface area contributed by atoms with Crippen molar-refractivity contribution in [2.24, 2.45) is 5.92 Å². The monoisotopic (exact) mass is 578 g/mol. The number of alkyl halides is 2.